The predicted octanol–water partition coefficient (Wildman–Crippen LogP) is 4.75. The minimum Gasteiger partial charge on any atom is -0.298 e. The monoisotopic (exact) mass is 287 g/mol. The fourth-order valence-corrected chi connectivity index (χ4v) is 3.27. The highest BCUT2D eigenvalue weighted by molar-refractivity contribution is 5.85. The lowest BCUT2D eigenvalue weighted by molar-refractivity contribution is -0.125. The third kappa shape index (κ3) is 4.96. The molecule has 0 radical (unpaired) electrons. The van der Waals surface area contributed by atoms with Gasteiger partial charge in [0.1, 0.15) is 0 Å². The topological polar surface area (TPSA) is 20.3 Å². The minimum atomic E-state index is -0.00636. The largest absolute Gasteiger partial charge is 0.298 e. The molecule has 0 aromatic heterocycles. The second-order valence-corrected chi connectivity index (χ2v) is 6.19. The van der Waals surface area contributed by atoms with Crippen LogP contribution in [0.1, 0.15) is 69.9 Å². The van der Waals surface area contributed by atoms with Gasteiger partial charge in [0, 0.05) is 6.42 Å². The zero-order valence-corrected chi connectivity index (χ0v) is 13.4. The second kappa shape index (κ2) is 8.99. The normalized spacial score (nSPS) is 17.6. The maximum atomic E-state index is 12.8. The maximum absolute atomic E-state index is 12.8. The van der Waals surface area contributed by atoms with Crippen LogP contribution in [-0.2, 0) is 4.79 Å². The number of carbonyl (C=O) groups excluding carboxylic acids is 1. The third-order valence-corrected chi connectivity index (χ3v) is 4.45. The summed E-state index contributed by atoms with van der Waals surface area (Å²) in [5.74, 6) is 0.416. The van der Waals surface area contributed by atoms with Crippen molar-refractivity contribution in [3.8, 4) is 0 Å². The molecule has 1 aliphatic heterocycles. The van der Waals surface area contributed by atoms with E-state index in [1.807, 2.05) is 6.07 Å². The summed E-state index contributed by atoms with van der Waals surface area (Å²) in [6.07, 6.45) is 9.20. The second-order valence-electron chi connectivity index (χ2n) is 6.19. The van der Waals surface area contributed by atoms with Crippen molar-refractivity contribution in [2.45, 2.75) is 64.3 Å². The van der Waals surface area contributed by atoms with Gasteiger partial charge in [0.25, 0.3) is 0 Å². The molecule has 2 nitrogen and oxygen atoms in total. The van der Waals surface area contributed by atoms with Crippen molar-refractivity contribution >= 4 is 5.78 Å². The number of hydrogen-bond acceptors (Lipinski definition) is 2. The average molecular weight is 287 g/mol. The molecule has 0 bridgehead atoms. The van der Waals surface area contributed by atoms with Gasteiger partial charge in [-0.15, -0.1) is 0 Å². The van der Waals surface area contributed by atoms with E-state index < -0.39 is 0 Å². The van der Waals surface area contributed by atoms with Crippen molar-refractivity contribution in [2.24, 2.45) is 0 Å². The Kier molecular flexibility index (Phi) is 6.94. The molecule has 1 heterocycles. The molecule has 1 unspecified atom stereocenters. The molecule has 116 valence electrons. The van der Waals surface area contributed by atoms with E-state index in [1.54, 1.807) is 0 Å². The Labute approximate surface area is 129 Å². The first kappa shape index (κ1) is 16.2. The Morgan fingerprint density at radius 3 is 2.43 bits per heavy atom. The van der Waals surface area contributed by atoms with E-state index in [2.05, 4.69) is 36.1 Å². The minimum absolute atomic E-state index is 0.00636. The van der Waals surface area contributed by atoms with E-state index in [9.17, 15) is 4.79 Å². The molecule has 2 heteroatoms. The van der Waals surface area contributed by atoms with Crippen LogP contribution in [0.2, 0.25) is 0 Å². The number of hydrogen-bond donors (Lipinski definition) is 0. The molecule has 21 heavy (non-hydrogen) atoms. The number of Topliss-reactive ketones (excluding diaryl/α,β-unsaturated/α-hetero) is 1. The first-order valence-corrected chi connectivity index (χ1v) is 8.64. The molecule has 0 spiro atoms. The molecular formula is C19H29NO. The fraction of sp³-hybridized carbons (Fsp3) is 0.632. The Morgan fingerprint density at radius 1 is 1.05 bits per heavy atom. The first-order chi connectivity index (χ1) is 10.3. The van der Waals surface area contributed by atoms with Crippen LogP contribution in [0.3, 0.4) is 0 Å². The highest BCUT2D eigenvalue weighted by Gasteiger charge is 2.27. The fourth-order valence-electron chi connectivity index (χ4n) is 3.27. The van der Waals surface area contributed by atoms with E-state index in [4.69, 9.17) is 0 Å². The van der Waals surface area contributed by atoms with E-state index in [1.165, 1.54) is 44.1 Å². The van der Waals surface area contributed by atoms with Crippen LogP contribution in [0.25, 0.3) is 0 Å². The number of nitrogens with zero attached hydrogens (tertiary/aromatic N) is 1. The smallest absolute Gasteiger partial charge is 0.154 e. The lowest BCUT2D eigenvalue weighted by Gasteiger charge is -2.34. The number of rotatable bonds is 8. The van der Waals surface area contributed by atoms with E-state index in [0.29, 0.717) is 5.78 Å². The van der Waals surface area contributed by atoms with Gasteiger partial charge in [0.05, 0.1) is 6.04 Å². The zero-order valence-electron chi connectivity index (χ0n) is 13.4. The summed E-state index contributed by atoms with van der Waals surface area (Å²) in [5.41, 5.74) is 1.18. The van der Waals surface area contributed by atoms with Crippen LogP contribution in [0.15, 0.2) is 30.3 Å². The van der Waals surface area contributed by atoms with E-state index in [-0.39, 0.29) is 6.04 Å². The molecular weight excluding hydrogens is 258 g/mol. The first-order valence-electron chi connectivity index (χ1n) is 8.64. The van der Waals surface area contributed by atoms with Crippen molar-refractivity contribution in [1.29, 1.82) is 0 Å². The molecule has 2 rings (SSSR count). The van der Waals surface area contributed by atoms with E-state index in [0.717, 1.165) is 25.9 Å². The zero-order chi connectivity index (χ0) is 14.9. The number of likely N-dealkylation sites (tertiary alicyclic amines) is 1. The maximum Gasteiger partial charge on any atom is 0.154 e. The van der Waals surface area contributed by atoms with Gasteiger partial charge in [-0.25, -0.2) is 0 Å². The van der Waals surface area contributed by atoms with E-state index >= 15 is 0 Å². The summed E-state index contributed by atoms with van der Waals surface area (Å²) in [5, 5.41) is 0. The quantitative estimate of drug-likeness (QED) is 0.643. The van der Waals surface area contributed by atoms with Gasteiger partial charge in [-0.05, 0) is 37.9 Å². The summed E-state index contributed by atoms with van der Waals surface area (Å²) < 4.78 is 0. The Hall–Kier alpha value is -1.15. The van der Waals surface area contributed by atoms with Crippen molar-refractivity contribution < 1.29 is 4.79 Å². The number of carbonyl (C=O) groups is 1. The van der Waals surface area contributed by atoms with Gasteiger partial charge >= 0.3 is 0 Å². The summed E-state index contributed by atoms with van der Waals surface area (Å²) in [7, 11) is 0. The van der Waals surface area contributed by atoms with Gasteiger partial charge in [0.15, 0.2) is 5.78 Å². The predicted molar refractivity (Wildman–Crippen MR) is 88.4 cm³/mol. The van der Waals surface area contributed by atoms with Crippen LogP contribution in [0.5, 0.6) is 0 Å². The van der Waals surface area contributed by atoms with Crippen molar-refractivity contribution in [3.63, 3.8) is 0 Å². The highest BCUT2D eigenvalue weighted by Crippen LogP contribution is 2.27. The summed E-state index contributed by atoms with van der Waals surface area (Å²) in [6, 6.07) is 10.4. The lowest BCUT2D eigenvalue weighted by atomic mass is 9.95. The molecule has 0 N–H and O–H groups in total. The molecule has 0 aliphatic carbocycles. The van der Waals surface area contributed by atoms with Gasteiger partial charge < -0.3 is 0 Å². The van der Waals surface area contributed by atoms with Crippen molar-refractivity contribution in [1.82, 2.24) is 4.90 Å². The SMILES string of the molecule is CCCCCCC(=O)C(c1ccccc1)N1CCCCC1. The number of unbranched alkanes of at least 4 members (excludes halogenated alkanes) is 3. The number of piperidine rings is 1. The standard InChI is InChI=1S/C19H29NO/c1-2-3-4-9-14-18(21)19(17-12-7-5-8-13-17)20-15-10-6-11-16-20/h5,7-8,12-13,19H,2-4,6,9-11,14-16H2,1H3. The Balaban J connectivity index is 2.02. The van der Waals surface area contributed by atoms with Crippen LogP contribution >= 0.6 is 0 Å². The van der Waals surface area contributed by atoms with Crippen LogP contribution < -0.4 is 0 Å². The summed E-state index contributed by atoms with van der Waals surface area (Å²) in [6.45, 7) is 4.35. The number of benzene rings is 1. The van der Waals surface area contributed by atoms with Gasteiger partial charge in [0.2, 0.25) is 0 Å². The third-order valence-electron chi connectivity index (χ3n) is 4.45. The molecule has 0 saturated carbocycles. The van der Waals surface area contributed by atoms with Crippen LogP contribution in [0, 0.1) is 0 Å². The molecule has 0 amide bonds. The van der Waals surface area contributed by atoms with Gasteiger partial charge in [-0.1, -0.05) is 62.9 Å². The lowest BCUT2D eigenvalue weighted by Crippen LogP contribution is -2.37. The molecule has 1 aromatic carbocycles. The van der Waals surface area contributed by atoms with Crippen molar-refractivity contribution in [2.75, 3.05) is 13.1 Å². The summed E-state index contributed by atoms with van der Waals surface area (Å²) >= 11 is 0. The van der Waals surface area contributed by atoms with Gasteiger partial charge in [-0.2, -0.15) is 0 Å². The van der Waals surface area contributed by atoms with Crippen molar-refractivity contribution in [3.05, 3.63) is 35.9 Å². The average Bonchev–Trinajstić information content (AvgIpc) is 2.54. The molecule has 1 aromatic rings. The highest BCUT2D eigenvalue weighted by atomic mass is 16.1. The molecule has 1 fully saturated rings. The Morgan fingerprint density at radius 2 is 1.76 bits per heavy atom. The number of ketones is 1. The van der Waals surface area contributed by atoms with Gasteiger partial charge in [-0.3, -0.25) is 9.69 Å². The van der Waals surface area contributed by atoms with Crippen LogP contribution in [0.4, 0.5) is 0 Å². The molecule has 1 aliphatic rings. The summed E-state index contributed by atoms with van der Waals surface area (Å²) in [4.78, 5) is 15.2. The van der Waals surface area contributed by atoms with Crippen LogP contribution in [-0.4, -0.2) is 23.8 Å². The molecule has 1 saturated heterocycles. The molecule has 1 atom stereocenters. The Bertz CT molecular complexity index is 409.